The highest BCUT2D eigenvalue weighted by Crippen LogP contribution is 2.40. The Bertz CT molecular complexity index is 985. The summed E-state index contributed by atoms with van der Waals surface area (Å²) in [5.41, 5.74) is -0.0430. The number of hydrogen-bond donors (Lipinski definition) is 1. The number of ether oxygens (including phenoxy) is 1. The van der Waals surface area contributed by atoms with E-state index >= 15 is 0 Å². The predicted molar refractivity (Wildman–Crippen MR) is 114 cm³/mol. The lowest BCUT2D eigenvalue weighted by molar-refractivity contribution is -0.144. The second-order valence-corrected chi connectivity index (χ2v) is 8.77. The Hall–Kier alpha value is -2.19. The fraction of sp³-hybridized carbons (Fsp3) is 0.500. The molecule has 1 aromatic heterocycles. The van der Waals surface area contributed by atoms with Gasteiger partial charge >= 0.3 is 6.18 Å². The maximum atomic E-state index is 13.3. The van der Waals surface area contributed by atoms with Gasteiger partial charge in [-0.05, 0) is 57.0 Å². The van der Waals surface area contributed by atoms with Gasteiger partial charge in [0.25, 0.3) is 5.91 Å². The third-order valence-corrected chi connectivity index (χ3v) is 6.30. The summed E-state index contributed by atoms with van der Waals surface area (Å²) in [6.07, 6.45) is -3.32. The molecule has 1 N–H and O–H groups in total. The molecule has 0 radical (unpaired) electrons. The van der Waals surface area contributed by atoms with Crippen LogP contribution in [-0.4, -0.2) is 41.1 Å². The first-order chi connectivity index (χ1) is 14.6. The van der Waals surface area contributed by atoms with Gasteiger partial charge in [0.2, 0.25) is 0 Å². The Morgan fingerprint density at radius 1 is 1.19 bits per heavy atom. The number of carbonyl (C=O) groups is 1. The molecule has 1 aromatic carbocycles. The van der Waals surface area contributed by atoms with Gasteiger partial charge in [-0.15, -0.1) is 0 Å². The molecule has 0 saturated carbocycles. The van der Waals surface area contributed by atoms with Crippen LogP contribution < -0.4 is 10.1 Å². The minimum Gasteiger partial charge on any atom is -0.489 e. The van der Waals surface area contributed by atoms with Crippen molar-refractivity contribution in [3.8, 4) is 5.75 Å². The van der Waals surface area contributed by atoms with Crippen LogP contribution in [0.25, 0.3) is 0 Å². The maximum absolute atomic E-state index is 13.3. The number of likely N-dealkylation sites (tertiary alicyclic amines) is 1. The molecule has 1 spiro atoms. The van der Waals surface area contributed by atoms with Crippen molar-refractivity contribution in [3.63, 3.8) is 0 Å². The van der Waals surface area contributed by atoms with Gasteiger partial charge in [0, 0.05) is 38.9 Å². The highest BCUT2D eigenvalue weighted by atomic mass is 35.5. The molecule has 0 atom stereocenters. The molecule has 2 aromatic rings. The van der Waals surface area contributed by atoms with Crippen LogP contribution in [0.15, 0.2) is 30.3 Å². The number of alkyl halides is 3. The number of piperidine rings is 1. The number of nitrogens with one attached hydrogen (secondary N) is 1. The third-order valence-electron chi connectivity index (χ3n) is 6.01. The first-order valence-corrected chi connectivity index (χ1v) is 10.8. The van der Waals surface area contributed by atoms with Gasteiger partial charge < -0.3 is 19.5 Å². The molecule has 1 amide bonds. The molecule has 0 unspecified atom stereocenters. The summed E-state index contributed by atoms with van der Waals surface area (Å²) in [5.74, 6) is 0.383. The van der Waals surface area contributed by atoms with E-state index in [9.17, 15) is 18.0 Å². The summed E-state index contributed by atoms with van der Waals surface area (Å²) in [6.45, 7) is 5.43. The van der Waals surface area contributed by atoms with E-state index in [0.29, 0.717) is 54.5 Å². The van der Waals surface area contributed by atoms with Gasteiger partial charge in [0.1, 0.15) is 11.4 Å². The van der Waals surface area contributed by atoms with Gasteiger partial charge in [0.15, 0.2) is 0 Å². The lowest BCUT2D eigenvalue weighted by Gasteiger charge is -2.45. The lowest BCUT2D eigenvalue weighted by Crippen LogP contribution is -2.56. The SMILES string of the molecule is CC(C)Oc1ccc(C(=O)N2CCC3(CC2)NCCn2c(C(F)(F)F)ccc23)cc1Cl.[HH]. The molecule has 170 valence electrons. The van der Waals surface area contributed by atoms with Crippen LogP contribution in [0.4, 0.5) is 13.2 Å². The molecule has 3 heterocycles. The zero-order chi connectivity index (χ0) is 22.4. The van der Waals surface area contributed by atoms with Crippen molar-refractivity contribution in [2.45, 2.75) is 51.1 Å². The van der Waals surface area contributed by atoms with E-state index in [0.717, 1.165) is 6.07 Å². The van der Waals surface area contributed by atoms with Crippen LogP contribution in [0.1, 0.15) is 49.9 Å². The summed E-state index contributed by atoms with van der Waals surface area (Å²) in [5, 5.41) is 3.80. The Kier molecular flexibility index (Phi) is 5.72. The van der Waals surface area contributed by atoms with Crippen LogP contribution in [0.3, 0.4) is 0 Å². The summed E-state index contributed by atoms with van der Waals surface area (Å²) >= 11 is 6.27. The Balaban J connectivity index is 0.00000289. The predicted octanol–water partition coefficient (Wildman–Crippen LogP) is 4.93. The number of aromatic nitrogens is 1. The molecule has 31 heavy (non-hydrogen) atoms. The van der Waals surface area contributed by atoms with E-state index in [1.165, 1.54) is 4.57 Å². The van der Waals surface area contributed by atoms with Gasteiger partial charge in [-0.25, -0.2) is 0 Å². The monoisotopic (exact) mass is 457 g/mol. The minimum absolute atomic E-state index is 0. The smallest absolute Gasteiger partial charge is 0.431 e. The molecule has 5 nitrogen and oxygen atoms in total. The van der Waals surface area contributed by atoms with Crippen LogP contribution >= 0.6 is 11.6 Å². The van der Waals surface area contributed by atoms with E-state index in [-0.39, 0.29) is 20.0 Å². The molecule has 2 aliphatic heterocycles. The molecule has 2 aliphatic rings. The quantitative estimate of drug-likeness (QED) is 0.711. The average Bonchev–Trinajstić information content (AvgIpc) is 3.16. The van der Waals surface area contributed by atoms with Crippen molar-refractivity contribution in [2.24, 2.45) is 0 Å². The highest BCUT2D eigenvalue weighted by molar-refractivity contribution is 6.32. The summed E-state index contributed by atoms with van der Waals surface area (Å²) < 4.78 is 47.0. The zero-order valence-electron chi connectivity index (χ0n) is 17.4. The van der Waals surface area contributed by atoms with Crippen molar-refractivity contribution in [1.82, 2.24) is 14.8 Å². The summed E-state index contributed by atoms with van der Waals surface area (Å²) in [4.78, 5) is 14.7. The van der Waals surface area contributed by atoms with Crippen molar-refractivity contribution in [2.75, 3.05) is 19.6 Å². The number of hydrogen-bond acceptors (Lipinski definition) is 3. The molecule has 1 fully saturated rings. The van der Waals surface area contributed by atoms with Gasteiger partial charge in [-0.3, -0.25) is 4.79 Å². The van der Waals surface area contributed by atoms with Gasteiger partial charge in [-0.2, -0.15) is 13.2 Å². The van der Waals surface area contributed by atoms with Crippen molar-refractivity contribution < 1.29 is 24.1 Å². The van der Waals surface area contributed by atoms with Crippen LogP contribution in [-0.2, 0) is 18.3 Å². The topological polar surface area (TPSA) is 46.5 Å². The Morgan fingerprint density at radius 2 is 1.90 bits per heavy atom. The van der Waals surface area contributed by atoms with E-state index in [2.05, 4.69) is 5.32 Å². The fourth-order valence-corrected chi connectivity index (χ4v) is 4.79. The minimum atomic E-state index is -4.38. The molecule has 0 aliphatic carbocycles. The van der Waals surface area contributed by atoms with E-state index in [4.69, 9.17) is 16.3 Å². The van der Waals surface area contributed by atoms with Crippen molar-refractivity contribution in [3.05, 3.63) is 52.3 Å². The molecule has 1 saturated heterocycles. The van der Waals surface area contributed by atoms with Gasteiger partial charge in [0.05, 0.1) is 16.7 Å². The summed E-state index contributed by atoms with van der Waals surface area (Å²) in [7, 11) is 0. The normalized spacial score (nSPS) is 18.4. The lowest BCUT2D eigenvalue weighted by atomic mass is 9.83. The largest absolute Gasteiger partial charge is 0.489 e. The number of halogens is 4. The van der Waals surface area contributed by atoms with Crippen LogP contribution in [0.5, 0.6) is 5.75 Å². The van der Waals surface area contributed by atoms with Crippen molar-refractivity contribution in [1.29, 1.82) is 0 Å². The second kappa shape index (κ2) is 8.06. The number of carbonyl (C=O) groups excluding carboxylic acids is 1. The van der Waals surface area contributed by atoms with E-state index in [1.54, 1.807) is 29.2 Å². The highest BCUT2D eigenvalue weighted by Gasteiger charge is 2.44. The maximum Gasteiger partial charge on any atom is 0.431 e. The van der Waals surface area contributed by atoms with Crippen molar-refractivity contribution >= 4 is 17.5 Å². The molecule has 9 heteroatoms. The molecular weight excluding hydrogens is 431 g/mol. The second-order valence-electron chi connectivity index (χ2n) is 8.37. The third kappa shape index (κ3) is 4.15. The molecule has 0 bridgehead atoms. The molecular formula is C22H27ClF3N3O2. The number of fused-ring (bicyclic) bond motifs is 2. The summed E-state index contributed by atoms with van der Waals surface area (Å²) in [6, 6.07) is 7.71. The Labute approximate surface area is 185 Å². The van der Waals surface area contributed by atoms with E-state index < -0.39 is 17.4 Å². The number of amides is 1. The van der Waals surface area contributed by atoms with E-state index in [1.807, 2.05) is 13.8 Å². The number of nitrogens with zero attached hydrogens (tertiary/aromatic N) is 2. The first-order valence-electron chi connectivity index (χ1n) is 10.4. The van der Waals surface area contributed by atoms with Gasteiger partial charge in [-0.1, -0.05) is 11.6 Å². The fourth-order valence-electron chi connectivity index (χ4n) is 4.56. The average molecular weight is 458 g/mol. The molecule has 4 rings (SSSR count). The van der Waals surface area contributed by atoms with Crippen LogP contribution in [0, 0.1) is 0 Å². The van der Waals surface area contributed by atoms with Crippen LogP contribution in [0.2, 0.25) is 5.02 Å². The number of benzene rings is 1. The number of rotatable bonds is 3. The first kappa shape index (κ1) is 22.0. The zero-order valence-corrected chi connectivity index (χ0v) is 18.2. The Morgan fingerprint density at radius 3 is 2.52 bits per heavy atom. The standard InChI is InChI=1S/C22H25ClF3N3O2.H2/c1-14(2)31-17-4-3-15(13-16(17)23)20(30)28-10-7-21(8-11-28)18-5-6-19(22(24,25)26)29(18)12-9-27-21;/h3-6,13-14,27H,7-12H2,1-2H3;1H.